The number of carbonyl (C=O) groups excluding carboxylic acids is 4. The maximum Gasteiger partial charge on any atom is 0.407 e. The van der Waals surface area contributed by atoms with Gasteiger partial charge in [-0.1, -0.05) is 85.8 Å². The van der Waals surface area contributed by atoms with Crippen molar-refractivity contribution in [1.29, 1.82) is 5.26 Å². The van der Waals surface area contributed by atoms with Gasteiger partial charge in [-0.25, -0.2) is 19.6 Å². The third-order valence-electron chi connectivity index (χ3n) is 9.89. The van der Waals surface area contributed by atoms with E-state index in [-0.39, 0.29) is 32.1 Å². The van der Waals surface area contributed by atoms with E-state index in [1.54, 1.807) is 48.5 Å². The highest BCUT2D eigenvalue weighted by atomic mass is 16.5. The molecular weight excluding hydrogens is 763 g/mol. The van der Waals surface area contributed by atoms with E-state index in [0.717, 1.165) is 50.8 Å². The first-order valence-electron chi connectivity index (χ1n) is 19.5. The largest absolute Gasteiger partial charge is 0.453 e. The summed E-state index contributed by atoms with van der Waals surface area (Å²) in [6, 6.07) is 30.7. The number of methoxy groups -OCH3 is 2. The summed E-state index contributed by atoms with van der Waals surface area (Å²) in [4.78, 5) is 69.3. The Balaban J connectivity index is 1.13. The minimum absolute atomic E-state index is 0.0890. The highest BCUT2D eigenvalue weighted by molar-refractivity contribution is 5.91. The summed E-state index contributed by atoms with van der Waals surface area (Å²) in [6.45, 7) is 4.57. The third kappa shape index (κ3) is 10.5. The first-order valence-corrected chi connectivity index (χ1v) is 19.5. The van der Waals surface area contributed by atoms with Crippen molar-refractivity contribution >= 4 is 34.8 Å². The Morgan fingerprint density at radius 2 is 1.32 bits per heavy atom. The van der Waals surface area contributed by atoms with Crippen LogP contribution in [-0.4, -0.2) is 87.6 Å². The highest BCUT2D eigenvalue weighted by Gasteiger charge is 2.29. The van der Waals surface area contributed by atoms with Gasteiger partial charge in [0, 0.05) is 18.7 Å². The van der Waals surface area contributed by atoms with Gasteiger partial charge in [-0.3, -0.25) is 9.59 Å². The zero-order valence-corrected chi connectivity index (χ0v) is 33.9. The molecule has 0 aliphatic rings. The van der Waals surface area contributed by atoms with Gasteiger partial charge in [-0.2, -0.15) is 5.26 Å². The first kappa shape index (κ1) is 42.1. The monoisotopic (exact) mass is 809 g/mol. The zero-order chi connectivity index (χ0) is 42.6. The van der Waals surface area contributed by atoms with Crippen molar-refractivity contribution in [3.05, 3.63) is 121 Å². The van der Waals surface area contributed by atoms with Crippen LogP contribution in [0.3, 0.4) is 0 Å². The number of amides is 4. The molecule has 4 N–H and O–H groups in total. The maximum atomic E-state index is 14.0. The number of benzene rings is 4. The summed E-state index contributed by atoms with van der Waals surface area (Å²) < 4.78 is 9.37. The lowest BCUT2D eigenvalue weighted by Crippen LogP contribution is -2.44. The molecule has 4 amide bonds. The predicted octanol–water partition coefficient (Wildman–Crippen LogP) is 6.97. The Bertz CT molecular complexity index is 2470. The summed E-state index contributed by atoms with van der Waals surface area (Å²) >= 11 is 0. The number of nitrogens with zero attached hydrogens (tertiary/aromatic N) is 5. The quantitative estimate of drug-likeness (QED) is 0.0798. The number of nitrogens with one attached hydrogen (secondary N) is 4. The fraction of sp³-hybridized carbons (Fsp3) is 0.267. The molecule has 0 spiro atoms. The number of ether oxygens (including phenoxy) is 2. The molecule has 0 radical (unpaired) electrons. The normalized spacial score (nSPS) is 11.8. The molecule has 6 aromatic rings. The number of aromatic nitrogens is 4. The molecule has 2 heterocycles. The molecular formula is C45H47N9O6. The van der Waals surface area contributed by atoms with Crippen LogP contribution in [0.5, 0.6) is 0 Å². The van der Waals surface area contributed by atoms with Crippen LogP contribution in [0.1, 0.15) is 43.5 Å². The minimum atomic E-state index is -1.02. The Morgan fingerprint density at radius 1 is 0.750 bits per heavy atom. The van der Waals surface area contributed by atoms with E-state index in [9.17, 15) is 24.4 Å². The number of imidazole rings is 2. The SMILES string of the molecule is CCCN(Cc1ncc(-c2ccc3cc(-c4ccc(-c5cnc(CN(CC(C)C#N)C(=O)C(NC(=O)OC)c6ccccc6)[nH]5)cc4)ccc3c2)[nH]1)C(=O)CNC(=O)OC. The number of carbonyl (C=O) groups is 4. The Hall–Kier alpha value is -7.47. The van der Waals surface area contributed by atoms with E-state index in [4.69, 9.17) is 4.74 Å². The van der Waals surface area contributed by atoms with E-state index in [1.165, 1.54) is 19.1 Å². The van der Waals surface area contributed by atoms with Crippen molar-refractivity contribution in [3.8, 4) is 39.7 Å². The van der Waals surface area contributed by atoms with Gasteiger partial charge < -0.3 is 39.9 Å². The van der Waals surface area contributed by atoms with E-state index in [2.05, 4.69) is 71.7 Å². The van der Waals surface area contributed by atoms with E-state index >= 15 is 0 Å². The molecule has 60 heavy (non-hydrogen) atoms. The van der Waals surface area contributed by atoms with Gasteiger partial charge in [0.1, 0.15) is 24.2 Å². The van der Waals surface area contributed by atoms with Crippen LogP contribution in [0.25, 0.3) is 44.4 Å². The van der Waals surface area contributed by atoms with Crippen molar-refractivity contribution in [2.24, 2.45) is 5.92 Å². The van der Waals surface area contributed by atoms with Crippen molar-refractivity contribution in [2.45, 2.75) is 39.4 Å². The van der Waals surface area contributed by atoms with Gasteiger partial charge in [-0.15, -0.1) is 0 Å². The summed E-state index contributed by atoms with van der Waals surface area (Å²) in [5.74, 6) is 0.0685. The van der Waals surface area contributed by atoms with Crippen LogP contribution >= 0.6 is 0 Å². The van der Waals surface area contributed by atoms with Crippen LogP contribution in [0.15, 0.2) is 103 Å². The summed E-state index contributed by atoms with van der Waals surface area (Å²) in [5, 5.41) is 16.8. The maximum absolute atomic E-state index is 14.0. The van der Waals surface area contributed by atoms with Crippen LogP contribution in [0.4, 0.5) is 9.59 Å². The summed E-state index contributed by atoms with van der Waals surface area (Å²) in [5.41, 5.74) is 6.11. The van der Waals surface area contributed by atoms with Crippen LogP contribution in [0.2, 0.25) is 0 Å². The number of rotatable bonds is 16. The molecule has 0 saturated heterocycles. The number of alkyl carbamates (subject to hydrolysis) is 2. The van der Waals surface area contributed by atoms with Gasteiger partial charge in [0.05, 0.1) is 63.1 Å². The summed E-state index contributed by atoms with van der Waals surface area (Å²) in [7, 11) is 2.49. The van der Waals surface area contributed by atoms with Gasteiger partial charge in [0.2, 0.25) is 11.8 Å². The second kappa shape index (κ2) is 19.8. The molecule has 0 fully saturated rings. The lowest BCUT2D eigenvalue weighted by atomic mass is 9.98. The van der Waals surface area contributed by atoms with Gasteiger partial charge in [-0.05, 0) is 58.5 Å². The van der Waals surface area contributed by atoms with E-state index in [0.29, 0.717) is 23.8 Å². The molecule has 2 atom stereocenters. The third-order valence-corrected chi connectivity index (χ3v) is 9.89. The molecule has 2 aromatic heterocycles. The Morgan fingerprint density at radius 3 is 1.93 bits per heavy atom. The highest BCUT2D eigenvalue weighted by Crippen LogP contribution is 2.30. The number of hydrogen-bond acceptors (Lipinski definition) is 9. The molecule has 15 nitrogen and oxygen atoms in total. The van der Waals surface area contributed by atoms with E-state index < -0.39 is 30.1 Å². The number of hydrogen-bond donors (Lipinski definition) is 4. The van der Waals surface area contributed by atoms with Crippen molar-refractivity contribution < 1.29 is 28.7 Å². The average molecular weight is 810 g/mol. The molecule has 0 bridgehead atoms. The standard InChI is InChI=1S/C45H47N9O6/c1-5-19-53(41(55)25-49-44(57)59-3)27-39-48-24-38(51-39)36-18-17-34-20-33(15-16-35(34)21-36)30-11-13-31(14-12-30)37-23-47-40(50-37)28-54(26-29(2)22-46)43(56)42(52-45(58)60-4)32-9-7-6-8-10-32/h6-18,20-21,23-24,29,42H,5,19,25-28H2,1-4H3,(H,47,50)(H,48,51)(H,49,57)(H,52,58). The molecule has 6 rings (SSSR count). The van der Waals surface area contributed by atoms with Gasteiger partial charge >= 0.3 is 12.2 Å². The fourth-order valence-corrected chi connectivity index (χ4v) is 6.77. The lowest BCUT2D eigenvalue weighted by molar-refractivity contribution is -0.134. The lowest BCUT2D eigenvalue weighted by Gasteiger charge is -2.28. The van der Waals surface area contributed by atoms with Crippen molar-refractivity contribution in [2.75, 3.05) is 33.9 Å². The molecule has 4 aromatic carbocycles. The summed E-state index contributed by atoms with van der Waals surface area (Å²) in [6.07, 6.45) is 2.82. The van der Waals surface area contributed by atoms with Gasteiger partial charge in [0.15, 0.2) is 0 Å². The Labute approximate surface area is 347 Å². The number of nitriles is 1. The molecule has 308 valence electrons. The molecule has 0 aliphatic heterocycles. The van der Waals surface area contributed by atoms with Gasteiger partial charge in [0.25, 0.3) is 0 Å². The van der Waals surface area contributed by atoms with Crippen LogP contribution in [-0.2, 0) is 32.2 Å². The molecule has 2 unspecified atom stereocenters. The zero-order valence-electron chi connectivity index (χ0n) is 33.9. The number of aromatic amines is 2. The second-order valence-electron chi connectivity index (χ2n) is 14.2. The molecule has 0 aliphatic carbocycles. The van der Waals surface area contributed by atoms with Crippen LogP contribution in [0, 0.1) is 17.2 Å². The number of fused-ring (bicyclic) bond motifs is 1. The number of H-pyrrole nitrogens is 2. The second-order valence-corrected chi connectivity index (χ2v) is 14.2. The Kier molecular flexibility index (Phi) is 13.9. The smallest absolute Gasteiger partial charge is 0.407 e. The molecule has 15 heteroatoms. The van der Waals surface area contributed by atoms with Crippen molar-refractivity contribution in [3.63, 3.8) is 0 Å². The fourth-order valence-electron chi connectivity index (χ4n) is 6.77. The average Bonchev–Trinajstić information content (AvgIpc) is 3.96. The van der Waals surface area contributed by atoms with E-state index in [1.807, 2.05) is 43.3 Å². The topological polar surface area (TPSA) is 198 Å². The minimum Gasteiger partial charge on any atom is -0.453 e. The first-order chi connectivity index (χ1) is 29.1. The predicted molar refractivity (Wildman–Crippen MR) is 226 cm³/mol. The molecule has 0 saturated carbocycles. The van der Waals surface area contributed by atoms with Crippen molar-refractivity contribution in [1.82, 2.24) is 40.4 Å². The van der Waals surface area contributed by atoms with Crippen LogP contribution < -0.4 is 10.6 Å².